The van der Waals surface area contributed by atoms with Crippen molar-refractivity contribution in [3.8, 4) is 0 Å². The molecule has 1 aliphatic rings. The summed E-state index contributed by atoms with van der Waals surface area (Å²) in [6.45, 7) is 6.72. The lowest BCUT2D eigenvalue weighted by atomic mass is 9.64. The van der Waals surface area contributed by atoms with Crippen LogP contribution in [-0.2, 0) is 4.74 Å². The zero-order valence-electron chi connectivity index (χ0n) is 11.6. The third-order valence-electron chi connectivity index (χ3n) is 3.82. The fraction of sp³-hybridized carbons (Fsp3) is 0.667. The van der Waals surface area contributed by atoms with Crippen LogP contribution >= 0.6 is 11.6 Å². The second-order valence-corrected chi connectivity index (χ2v) is 5.67. The van der Waals surface area contributed by atoms with Gasteiger partial charge in [-0.3, -0.25) is 10.1 Å². The number of hydrogen-bond donors (Lipinski definition) is 1. The lowest BCUT2D eigenvalue weighted by Crippen LogP contribution is -2.58. The zero-order chi connectivity index (χ0) is 14.9. The van der Waals surface area contributed by atoms with Gasteiger partial charge in [-0.05, 0) is 13.3 Å². The fourth-order valence-electron chi connectivity index (χ4n) is 2.40. The second-order valence-electron chi connectivity index (χ2n) is 5.32. The Balaban J connectivity index is 2.17. The van der Waals surface area contributed by atoms with Gasteiger partial charge < -0.3 is 10.1 Å². The molecule has 2 rings (SSSR count). The van der Waals surface area contributed by atoms with Crippen LogP contribution < -0.4 is 5.32 Å². The van der Waals surface area contributed by atoms with Crippen LogP contribution in [-0.4, -0.2) is 33.6 Å². The average Bonchev–Trinajstić information content (AvgIpc) is 2.37. The van der Waals surface area contributed by atoms with Crippen molar-refractivity contribution in [3.05, 3.63) is 21.6 Å². The summed E-state index contributed by atoms with van der Waals surface area (Å²) in [4.78, 5) is 18.0. The molecular weight excluding hydrogens is 284 g/mol. The van der Waals surface area contributed by atoms with Crippen molar-refractivity contribution in [1.82, 2.24) is 9.97 Å². The highest BCUT2D eigenvalue weighted by Crippen LogP contribution is 2.45. The quantitative estimate of drug-likeness (QED) is 0.511. The summed E-state index contributed by atoms with van der Waals surface area (Å²) in [5.41, 5.74) is -0.411. The zero-order valence-corrected chi connectivity index (χ0v) is 12.3. The van der Waals surface area contributed by atoms with Crippen molar-refractivity contribution in [2.24, 2.45) is 5.41 Å². The van der Waals surface area contributed by atoms with Gasteiger partial charge in [-0.25, -0.2) is 9.97 Å². The number of hydrogen-bond acceptors (Lipinski definition) is 6. The van der Waals surface area contributed by atoms with E-state index in [0.717, 1.165) is 6.42 Å². The molecule has 1 aromatic rings. The highest BCUT2D eigenvalue weighted by Gasteiger charge is 2.49. The minimum Gasteiger partial charge on any atom is -0.378 e. The predicted octanol–water partition coefficient (Wildman–Crippen LogP) is 2.65. The topological polar surface area (TPSA) is 90.2 Å². The van der Waals surface area contributed by atoms with Crippen molar-refractivity contribution in [3.63, 3.8) is 0 Å². The molecule has 2 unspecified atom stereocenters. The Morgan fingerprint density at radius 3 is 2.85 bits per heavy atom. The maximum Gasteiger partial charge on any atom is 0.348 e. The number of nitro groups is 1. The molecule has 0 aliphatic heterocycles. The molecular formula is C12H17ClN4O3. The van der Waals surface area contributed by atoms with Gasteiger partial charge in [0.1, 0.15) is 6.33 Å². The van der Waals surface area contributed by atoms with Gasteiger partial charge in [0, 0.05) is 18.1 Å². The number of aromatic nitrogens is 2. The van der Waals surface area contributed by atoms with Crippen molar-refractivity contribution in [2.75, 3.05) is 11.9 Å². The van der Waals surface area contributed by atoms with E-state index in [2.05, 4.69) is 29.1 Å². The number of anilines is 1. The van der Waals surface area contributed by atoms with E-state index in [-0.39, 0.29) is 34.2 Å². The Labute approximate surface area is 121 Å². The second kappa shape index (κ2) is 5.49. The Morgan fingerprint density at radius 1 is 1.60 bits per heavy atom. The summed E-state index contributed by atoms with van der Waals surface area (Å²) in [6.07, 6.45) is 2.13. The van der Waals surface area contributed by atoms with Gasteiger partial charge in [-0.2, -0.15) is 0 Å². The summed E-state index contributed by atoms with van der Waals surface area (Å²) in [5, 5.41) is 14.0. The van der Waals surface area contributed by atoms with Crippen LogP contribution in [0, 0.1) is 15.5 Å². The van der Waals surface area contributed by atoms with E-state index in [1.807, 2.05) is 6.92 Å². The first-order chi connectivity index (χ1) is 9.37. The molecule has 1 heterocycles. The van der Waals surface area contributed by atoms with Gasteiger partial charge in [-0.15, -0.1) is 0 Å². The van der Waals surface area contributed by atoms with Crippen LogP contribution in [0.15, 0.2) is 6.33 Å². The molecule has 110 valence electrons. The Bertz CT molecular complexity index is 523. The molecule has 0 radical (unpaired) electrons. The van der Waals surface area contributed by atoms with E-state index in [1.165, 1.54) is 6.33 Å². The van der Waals surface area contributed by atoms with E-state index < -0.39 is 4.92 Å². The summed E-state index contributed by atoms with van der Waals surface area (Å²) >= 11 is 5.76. The summed E-state index contributed by atoms with van der Waals surface area (Å²) in [6, 6.07) is 0.0451. The molecule has 0 bridgehead atoms. The van der Waals surface area contributed by atoms with Crippen LogP contribution in [0.5, 0.6) is 0 Å². The lowest BCUT2D eigenvalue weighted by molar-refractivity contribution is -0.384. The molecule has 0 spiro atoms. The van der Waals surface area contributed by atoms with Gasteiger partial charge in [0.25, 0.3) is 0 Å². The lowest BCUT2D eigenvalue weighted by Gasteiger charge is -2.51. The molecule has 20 heavy (non-hydrogen) atoms. The SMILES string of the molecule is CCOC1CC(Nc2ncnc(Cl)c2[N+](=O)[O-])C1(C)C. The Hall–Kier alpha value is -1.47. The molecule has 2 atom stereocenters. The van der Waals surface area contributed by atoms with Gasteiger partial charge in [-0.1, -0.05) is 25.4 Å². The first kappa shape index (κ1) is 14.9. The van der Waals surface area contributed by atoms with Crippen LogP contribution in [0.4, 0.5) is 11.5 Å². The molecule has 1 fully saturated rings. The largest absolute Gasteiger partial charge is 0.378 e. The van der Waals surface area contributed by atoms with Crippen molar-refractivity contribution in [2.45, 2.75) is 39.3 Å². The normalized spacial score (nSPS) is 24.0. The van der Waals surface area contributed by atoms with Crippen molar-refractivity contribution >= 4 is 23.1 Å². The summed E-state index contributed by atoms with van der Waals surface area (Å²) < 4.78 is 5.63. The number of ether oxygens (including phenoxy) is 1. The molecule has 0 saturated heterocycles. The summed E-state index contributed by atoms with van der Waals surface area (Å²) in [7, 11) is 0. The molecule has 0 aromatic carbocycles. The molecule has 1 aromatic heterocycles. The maximum atomic E-state index is 11.0. The fourth-order valence-corrected chi connectivity index (χ4v) is 2.61. The first-order valence-corrected chi connectivity index (χ1v) is 6.78. The standard InChI is InChI=1S/C12H17ClN4O3/c1-4-20-8-5-7(12(8,2)3)16-11-9(17(18)19)10(13)14-6-15-11/h6-8H,4-5H2,1-3H3,(H,14,15,16). The van der Waals surface area contributed by atoms with Crippen LogP contribution in [0.3, 0.4) is 0 Å². The third-order valence-corrected chi connectivity index (χ3v) is 4.09. The number of nitrogens with zero attached hydrogens (tertiary/aromatic N) is 3. The van der Waals surface area contributed by atoms with Crippen LogP contribution in [0.25, 0.3) is 0 Å². The Morgan fingerprint density at radius 2 is 2.30 bits per heavy atom. The third kappa shape index (κ3) is 2.55. The molecule has 1 aliphatic carbocycles. The van der Waals surface area contributed by atoms with E-state index >= 15 is 0 Å². The van der Waals surface area contributed by atoms with Crippen LogP contribution in [0.2, 0.25) is 5.15 Å². The maximum absolute atomic E-state index is 11.0. The highest BCUT2D eigenvalue weighted by molar-refractivity contribution is 6.31. The summed E-state index contributed by atoms with van der Waals surface area (Å²) in [5.74, 6) is 0.156. The first-order valence-electron chi connectivity index (χ1n) is 6.41. The van der Waals surface area contributed by atoms with Gasteiger partial charge >= 0.3 is 5.69 Å². The van der Waals surface area contributed by atoms with Gasteiger partial charge in [0.05, 0.1) is 11.0 Å². The molecule has 8 heteroatoms. The minimum atomic E-state index is -0.573. The monoisotopic (exact) mass is 300 g/mol. The van der Waals surface area contributed by atoms with Crippen LogP contribution in [0.1, 0.15) is 27.2 Å². The molecule has 7 nitrogen and oxygen atoms in total. The van der Waals surface area contributed by atoms with Crippen molar-refractivity contribution < 1.29 is 9.66 Å². The molecule has 1 N–H and O–H groups in total. The van der Waals surface area contributed by atoms with Crippen molar-refractivity contribution in [1.29, 1.82) is 0 Å². The number of halogens is 1. The number of nitrogens with one attached hydrogen (secondary N) is 1. The average molecular weight is 301 g/mol. The molecule has 1 saturated carbocycles. The number of rotatable bonds is 5. The highest BCUT2D eigenvalue weighted by atomic mass is 35.5. The van der Waals surface area contributed by atoms with Gasteiger partial charge in [0.2, 0.25) is 11.0 Å². The van der Waals surface area contributed by atoms with E-state index in [1.54, 1.807) is 0 Å². The Kier molecular flexibility index (Phi) is 4.10. The van der Waals surface area contributed by atoms with E-state index in [9.17, 15) is 10.1 Å². The van der Waals surface area contributed by atoms with E-state index in [0.29, 0.717) is 6.61 Å². The van der Waals surface area contributed by atoms with Gasteiger partial charge in [0.15, 0.2) is 0 Å². The predicted molar refractivity (Wildman–Crippen MR) is 74.9 cm³/mol. The smallest absolute Gasteiger partial charge is 0.348 e. The molecule has 0 amide bonds. The van der Waals surface area contributed by atoms with E-state index in [4.69, 9.17) is 16.3 Å². The minimum absolute atomic E-state index is 0.0451.